The second kappa shape index (κ2) is 9.05. The number of carbonyl (C=O) groups excluding carboxylic acids is 1. The van der Waals surface area contributed by atoms with Crippen LogP contribution in [0.2, 0.25) is 0 Å². The van der Waals surface area contributed by atoms with Crippen molar-refractivity contribution in [2.24, 2.45) is 11.7 Å². The highest BCUT2D eigenvalue weighted by Crippen LogP contribution is 2.33. The summed E-state index contributed by atoms with van der Waals surface area (Å²) in [5, 5.41) is 0. The molecule has 2 atom stereocenters. The van der Waals surface area contributed by atoms with E-state index >= 15 is 0 Å². The third-order valence-electron chi connectivity index (χ3n) is 4.98. The molecule has 1 heterocycles. The molecule has 28 heavy (non-hydrogen) atoms. The molecule has 0 fully saturated rings. The standard InChI is InChI=1S/C20H25N3O3S.ClH/c1-3-22-27(25,26)17-10-9-15-11-12-23(18(15)13-17)20(24)14(2)19(21)16-7-5-4-6-8-16;/h4-10,13-14,19,22H,3,11-12,21H2,1-2H3;1H. The predicted molar refractivity (Wildman–Crippen MR) is 113 cm³/mol. The molecule has 0 bridgehead atoms. The molecule has 3 rings (SSSR count). The van der Waals surface area contributed by atoms with Gasteiger partial charge in [0.25, 0.3) is 0 Å². The van der Waals surface area contributed by atoms with Gasteiger partial charge in [-0.2, -0.15) is 0 Å². The minimum absolute atomic E-state index is 0. The van der Waals surface area contributed by atoms with Crippen molar-refractivity contribution >= 4 is 34.0 Å². The Bertz CT molecular complexity index is 935. The van der Waals surface area contributed by atoms with E-state index < -0.39 is 22.0 Å². The Hall–Kier alpha value is -1.93. The number of sulfonamides is 1. The van der Waals surface area contributed by atoms with Gasteiger partial charge in [-0.15, -0.1) is 12.4 Å². The fraction of sp³-hybridized carbons (Fsp3) is 0.350. The van der Waals surface area contributed by atoms with Crippen LogP contribution in [-0.4, -0.2) is 27.4 Å². The van der Waals surface area contributed by atoms with E-state index in [4.69, 9.17) is 5.73 Å². The van der Waals surface area contributed by atoms with Crippen LogP contribution in [-0.2, 0) is 21.2 Å². The Kier molecular flexibility index (Phi) is 7.22. The van der Waals surface area contributed by atoms with E-state index in [1.807, 2.05) is 37.3 Å². The third-order valence-corrected chi connectivity index (χ3v) is 6.52. The van der Waals surface area contributed by atoms with E-state index in [9.17, 15) is 13.2 Å². The third kappa shape index (κ3) is 4.38. The smallest absolute Gasteiger partial charge is 0.240 e. The highest BCUT2D eigenvalue weighted by molar-refractivity contribution is 7.89. The van der Waals surface area contributed by atoms with E-state index in [0.29, 0.717) is 25.2 Å². The number of nitrogens with zero attached hydrogens (tertiary/aromatic N) is 1. The number of carbonyl (C=O) groups is 1. The molecule has 0 aromatic heterocycles. The summed E-state index contributed by atoms with van der Waals surface area (Å²) < 4.78 is 27.1. The van der Waals surface area contributed by atoms with Crippen molar-refractivity contribution in [2.75, 3.05) is 18.0 Å². The van der Waals surface area contributed by atoms with Crippen molar-refractivity contribution in [1.29, 1.82) is 0 Å². The molecule has 152 valence electrons. The lowest BCUT2D eigenvalue weighted by Gasteiger charge is -2.26. The number of hydrogen-bond donors (Lipinski definition) is 2. The Balaban J connectivity index is 0.00000280. The number of halogens is 1. The molecule has 0 spiro atoms. The van der Waals surface area contributed by atoms with Crippen LogP contribution in [0, 0.1) is 5.92 Å². The first kappa shape index (κ1) is 22.4. The van der Waals surface area contributed by atoms with Crippen LogP contribution in [0.1, 0.15) is 31.0 Å². The van der Waals surface area contributed by atoms with Crippen LogP contribution < -0.4 is 15.4 Å². The Morgan fingerprint density at radius 3 is 2.54 bits per heavy atom. The maximum Gasteiger partial charge on any atom is 0.240 e. The number of benzene rings is 2. The van der Waals surface area contributed by atoms with E-state index in [1.54, 1.807) is 30.0 Å². The van der Waals surface area contributed by atoms with Gasteiger partial charge in [0, 0.05) is 24.8 Å². The van der Waals surface area contributed by atoms with E-state index in [0.717, 1.165) is 11.1 Å². The van der Waals surface area contributed by atoms with E-state index in [-0.39, 0.29) is 23.2 Å². The summed E-state index contributed by atoms with van der Waals surface area (Å²) in [5.41, 5.74) is 8.85. The second-order valence-corrected chi connectivity index (χ2v) is 8.52. The van der Waals surface area contributed by atoms with Gasteiger partial charge in [-0.05, 0) is 29.7 Å². The first-order valence-electron chi connectivity index (χ1n) is 9.09. The maximum atomic E-state index is 13.1. The molecule has 3 N–H and O–H groups in total. The van der Waals surface area contributed by atoms with Gasteiger partial charge in [0.2, 0.25) is 15.9 Å². The van der Waals surface area contributed by atoms with Gasteiger partial charge in [-0.3, -0.25) is 4.79 Å². The first-order valence-corrected chi connectivity index (χ1v) is 10.6. The fourth-order valence-corrected chi connectivity index (χ4v) is 4.45. The van der Waals surface area contributed by atoms with Gasteiger partial charge in [0.15, 0.2) is 0 Å². The number of nitrogens with one attached hydrogen (secondary N) is 1. The van der Waals surface area contributed by atoms with Crippen LogP contribution in [0.3, 0.4) is 0 Å². The summed E-state index contributed by atoms with van der Waals surface area (Å²) in [5.74, 6) is -0.518. The Labute approximate surface area is 172 Å². The largest absolute Gasteiger partial charge is 0.323 e. The minimum Gasteiger partial charge on any atom is -0.323 e. The number of fused-ring (bicyclic) bond motifs is 1. The summed E-state index contributed by atoms with van der Waals surface area (Å²) >= 11 is 0. The molecule has 2 aromatic carbocycles. The van der Waals surface area contributed by atoms with Crippen LogP contribution in [0.15, 0.2) is 53.4 Å². The van der Waals surface area contributed by atoms with Gasteiger partial charge in [0.1, 0.15) is 0 Å². The number of amides is 1. The highest BCUT2D eigenvalue weighted by atomic mass is 35.5. The van der Waals surface area contributed by atoms with Crippen molar-refractivity contribution in [1.82, 2.24) is 4.72 Å². The molecule has 6 nitrogen and oxygen atoms in total. The fourth-order valence-electron chi connectivity index (χ4n) is 3.39. The zero-order valence-corrected chi connectivity index (χ0v) is 17.6. The second-order valence-electron chi connectivity index (χ2n) is 6.76. The van der Waals surface area contributed by atoms with Crippen molar-refractivity contribution in [3.63, 3.8) is 0 Å². The van der Waals surface area contributed by atoms with Gasteiger partial charge in [-0.1, -0.05) is 50.2 Å². The van der Waals surface area contributed by atoms with Gasteiger partial charge < -0.3 is 10.6 Å². The van der Waals surface area contributed by atoms with Crippen molar-refractivity contribution in [2.45, 2.75) is 31.2 Å². The molecular weight excluding hydrogens is 398 g/mol. The number of hydrogen-bond acceptors (Lipinski definition) is 4. The lowest BCUT2D eigenvalue weighted by Crippen LogP contribution is -2.38. The Morgan fingerprint density at radius 2 is 1.89 bits per heavy atom. The average Bonchev–Trinajstić information content (AvgIpc) is 3.10. The van der Waals surface area contributed by atoms with Crippen LogP contribution in [0.4, 0.5) is 5.69 Å². The topological polar surface area (TPSA) is 92.5 Å². The maximum absolute atomic E-state index is 13.1. The molecule has 0 aliphatic carbocycles. The van der Waals surface area contributed by atoms with Crippen molar-refractivity contribution in [3.8, 4) is 0 Å². The zero-order valence-electron chi connectivity index (χ0n) is 16.0. The molecule has 1 aliphatic rings. The molecule has 0 radical (unpaired) electrons. The summed E-state index contributed by atoms with van der Waals surface area (Å²) in [6.45, 7) is 4.39. The molecule has 0 saturated carbocycles. The minimum atomic E-state index is -3.57. The number of anilines is 1. The summed E-state index contributed by atoms with van der Waals surface area (Å²) in [4.78, 5) is 14.9. The zero-order chi connectivity index (χ0) is 19.6. The van der Waals surface area contributed by atoms with Gasteiger partial charge in [0.05, 0.1) is 10.8 Å². The molecule has 1 amide bonds. The summed E-state index contributed by atoms with van der Waals surface area (Å²) in [6, 6.07) is 14.1. The lowest BCUT2D eigenvalue weighted by atomic mass is 9.94. The quantitative estimate of drug-likeness (QED) is 0.746. The Morgan fingerprint density at radius 1 is 1.21 bits per heavy atom. The van der Waals surface area contributed by atoms with Crippen LogP contribution >= 0.6 is 12.4 Å². The SMILES string of the molecule is CCNS(=O)(=O)c1ccc2c(c1)N(C(=O)C(C)C(N)c1ccccc1)CC2.Cl. The van der Waals surface area contributed by atoms with E-state index in [1.165, 1.54) is 0 Å². The number of rotatable bonds is 6. The van der Waals surface area contributed by atoms with Gasteiger partial charge >= 0.3 is 0 Å². The van der Waals surface area contributed by atoms with Crippen molar-refractivity contribution < 1.29 is 13.2 Å². The normalized spacial score (nSPS) is 15.5. The van der Waals surface area contributed by atoms with Crippen LogP contribution in [0.25, 0.3) is 0 Å². The molecular formula is C20H26ClN3O3S. The molecule has 0 saturated heterocycles. The monoisotopic (exact) mass is 423 g/mol. The lowest BCUT2D eigenvalue weighted by molar-refractivity contribution is -0.122. The highest BCUT2D eigenvalue weighted by Gasteiger charge is 2.32. The average molecular weight is 424 g/mol. The first-order chi connectivity index (χ1) is 12.8. The molecule has 2 aromatic rings. The predicted octanol–water partition coefficient (Wildman–Crippen LogP) is 2.63. The molecule has 1 aliphatic heterocycles. The van der Waals surface area contributed by atoms with Gasteiger partial charge in [-0.25, -0.2) is 13.1 Å². The molecule has 2 unspecified atom stereocenters. The molecule has 8 heteroatoms. The van der Waals surface area contributed by atoms with E-state index in [2.05, 4.69) is 4.72 Å². The van der Waals surface area contributed by atoms with Crippen LogP contribution in [0.5, 0.6) is 0 Å². The summed E-state index contributed by atoms with van der Waals surface area (Å²) in [6.07, 6.45) is 0.704. The summed E-state index contributed by atoms with van der Waals surface area (Å²) in [7, 11) is -3.57. The number of nitrogens with two attached hydrogens (primary N) is 1. The van der Waals surface area contributed by atoms with Crippen molar-refractivity contribution in [3.05, 3.63) is 59.7 Å².